The first kappa shape index (κ1) is 10.1. The number of halogens is 1. The second-order valence-corrected chi connectivity index (χ2v) is 3.54. The van der Waals surface area contributed by atoms with Gasteiger partial charge in [-0.3, -0.25) is 4.79 Å². The number of hydrogen-bond donors (Lipinski definition) is 1. The van der Waals surface area contributed by atoms with Gasteiger partial charge < -0.3 is 10.1 Å². The molecule has 1 aliphatic heterocycles. The fourth-order valence-corrected chi connectivity index (χ4v) is 1.82. The van der Waals surface area contributed by atoms with Gasteiger partial charge in [-0.05, 0) is 17.2 Å². The zero-order valence-corrected chi connectivity index (χ0v) is 8.42. The lowest BCUT2D eigenvalue weighted by Gasteiger charge is -2.24. The van der Waals surface area contributed by atoms with E-state index < -0.39 is 6.04 Å². The summed E-state index contributed by atoms with van der Waals surface area (Å²) < 4.78 is 18.1. The van der Waals surface area contributed by atoms with Crippen molar-refractivity contribution in [3.8, 4) is 0 Å². The number of hydrogen-bond acceptors (Lipinski definition) is 3. The molecule has 1 unspecified atom stereocenters. The van der Waals surface area contributed by atoms with E-state index in [1.807, 2.05) is 6.07 Å². The highest BCUT2D eigenvalue weighted by Gasteiger charge is 2.26. The van der Waals surface area contributed by atoms with Gasteiger partial charge in [0.1, 0.15) is 11.9 Å². The molecule has 1 aromatic rings. The number of ether oxygens (including phenoxy) is 1. The van der Waals surface area contributed by atoms with Crippen molar-refractivity contribution >= 4 is 5.97 Å². The summed E-state index contributed by atoms with van der Waals surface area (Å²) in [4.78, 5) is 11.3. The van der Waals surface area contributed by atoms with Crippen LogP contribution in [0.3, 0.4) is 0 Å². The lowest BCUT2D eigenvalue weighted by atomic mass is 9.95. The highest BCUT2D eigenvalue weighted by molar-refractivity contribution is 5.76. The van der Waals surface area contributed by atoms with Crippen molar-refractivity contribution in [1.82, 2.24) is 5.32 Å². The molecule has 1 N–H and O–H groups in total. The summed E-state index contributed by atoms with van der Waals surface area (Å²) in [6.45, 7) is 0.507. The minimum absolute atomic E-state index is 0.247. The van der Waals surface area contributed by atoms with Crippen LogP contribution in [0.5, 0.6) is 0 Å². The molecule has 0 aromatic heterocycles. The van der Waals surface area contributed by atoms with Gasteiger partial charge in [0.15, 0.2) is 0 Å². The second kappa shape index (κ2) is 3.98. The molecule has 0 aliphatic carbocycles. The second-order valence-electron chi connectivity index (χ2n) is 3.54. The highest BCUT2D eigenvalue weighted by atomic mass is 19.1. The molecule has 15 heavy (non-hydrogen) atoms. The van der Waals surface area contributed by atoms with Crippen LogP contribution in [0.25, 0.3) is 0 Å². The Labute approximate surface area is 87.2 Å². The Morgan fingerprint density at radius 2 is 2.40 bits per heavy atom. The number of esters is 1. The molecule has 1 heterocycles. The monoisotopic (exact) mass is 209 g/mol. The predicted octanol–water partition coefficient (Wildman–Crippen LogP) is 1.01. The Kier molecular flexibility index (Phi) is 2.68. The third-order valence-electron chi connectivity index (χ3n) is 2.65. The zero-order chi connectivity index (χ0) is 10.8. The summed E-state index contributed by atoms with van der Waals surface area (Å²) >= 11 is 0. The molecule has 0 amide bonds. The van der Waals surface area contributed by atoms with Crippen LogP contribution in [-0.2, 0) is 22.5 Å². The third kappa shape index (κ3) is 1.85. The third-order valence-corrected chi connectivity index (χ3v) is 2.65. The SMILES string of the molecule is COC(=O)C1Cc2c(F)cccc2CN1. The minimum Gasteiger partial charge on any atom is -0.468 e. The molecular weight excluding hydrogens is 197 g/mol. The summed E-state index contributed by atoms with van der Waals surface area (Å²) in [5.41, 5.74) is 1.53. The molecular formula is C11H12FNO2. The lowest BCUT2D eigenvalue weighted by Crippen LogP contribution is -2.42. The quantitative estimate of drug-likeness (QED) is 0.701. The maximum atomic E-state index is 13.4. The molecule has 0 spiro atoms. The zero-order valence-electron chi connectivity index (χ0n) is 8.42. The summed E-state index contributed by atoms with van der Waals surface area (Å²) in [6, 6.07) is 4.52. The molecule has 1 atom stereocenters. The normalized spacial score (nSPS) is 19.5. The average Bonchev–Trinajstić information content (AvgIpc) is 2.28. The van der Waals surface area contributed by atoms with Gasteiger partial charge in [-0.1, -0.05) is 12.1 Å². The van der Waals surface area contributed by atoms with Gasteiger partial charge in [0.2, 0.25) is 0 Å². The molecule has 3 nitrogen and oxygen atoms in total. The number of carbonyl (C=O) groups is 1. The molecule has 1 aromatic carbocycles. The first-order chi connectivity index (χ1) is 7.22. The molecule has 4 heteroatoms. The molecule has 0 saturated heterocycles. The lowest BCUT2D eigenvalue weighted by molar-refractivity contribution is -0.143. The summed E-state index contributed by atoms with van der Waals surface area (Å²) in [7, 11) is 1.33. The van der Waals surface area contributed by atoms with Crippen molar-refractivity contribution < 1.29 is 13.9 Å². The smallest absolute Gasteiger partial charge is 0.323 e. The summed E-state index contributed by atoms with van der Waals surface area (Å²) in [6.07, 6.45) is 0.356. The van der Waals surface area contributed by atoms with Crippen molar-refractivity contribution in [2.24, 2.45) is 0 Å². The van der Waals surface area contributed by atoms with Gasteiger partial charge in [-0.15, -0.1) is 0 Å². The van der Waals surface area contributed by atoms with Crippen molar-refractivity contribution in [2.45, 2.75) is 19.0 Å². The van der Waals surface area contributed by atoms with E-state index in [4.69, 9.17) is 0 Å². The largest absolute Gasteiger partial charge is 0.468 e. The van der Waals surface area contributed by atoms with E-state index in [0.29, 0.717) is 18.5 Å². The number of nitrogens with one attached hydrogen (secondary N) is 1. The van der Waals surface area contributed by atoms with Gasteiger partial charge >= 0.3 is 5.97 Å². The maximum absolute atomic E-state index is 13.4. The van der Waals surface area contributed by atoms with Gasteiger partial charge in [-0.2, -0.15) is 0 Å². The Hall–Kier alpha value is -1.42. The van der Waals surface area contributed by atoms with Gasteiger partial charge in [0.25, 0.3) is 0 Å². The van der Waals surface area contributed by atoms with E-state index in [-0.39, 0.29) is 11.8 Å². The van der Waals surface area contributed by atoms with E-state index in [2.05, 4.69) is 10.1 Å². The van der Waals surface area contributed by atoms with Crippen molar-refractivity contribution in [3.05, 3.63) is 35.1 Å². The van der Waals surface area contributed by atoms with Crippen LogP contribution < -0.4 is 5.32 Å². The fourth-order valence-electron chi connectivity index (χ4n) is 1.82. The molecule has 0 bridgehead atoms. The van der Waals surface area contributed by atoms with Crippen LogP contribution in [0.2, 0.25) is 0 Å². The van der Waals surface area contributed by atoms with Gasteiger partial charge in [-0.25, -0.2) is 4.39 Å². The molecule has 2 rings (SSSR count). The number of methoxy groups -OCH3 is 1. The minimum atomic E-state index is -0.431. The molecule has 0 fully saturated rings. The highest BCUT2D eigenvalue weighted by Crippen LogP contribution is 2.20. The summed E-state index contributed by atoms with van der Waals surface area (Å²) in [5, 5.41) is 3.01. The predicted molar refractivity (Wildman–Crippen MR) is 52.7 cm³/mol. The van der Waals surface area contributed by atoms with Crippen LogP contribution >= 0.6 is 0 Å². The Balaban J connectivity index is 2.26. The summed E-state index contributed by atoms with van der Waals surface area (Å²) in [5.74, 6) is -0.591. The Morgan fingerprint density at radius 3 is 3.13 bits per heavy atom. The van der Waals surface area contributed by atoms with Crippen LogP contribution in [-0.4, -0.2) is 19.1 Å². The molecule has 80 valence electrons. The first-order valence-electron chi connectivity index (χ1n) is 4.80. The van der Waals surface area contributed by atoms with Crippen LogP contribution in [0.4, 0.5) is 4.39 Å². The van der Waals surface area contributed by atoms with Gasteiger partial charge in [0.05, 0.1) is 7.11 Å². The maximum Gasteiger partial charge on any atom is 0.323 e. The van der Waals surface area contributed by atoms with E-state index in [9.17, 15) is 9.18 Å². The van der Waals surface area contributed by atoms with E-state index in [0.717, 1.165) is 5.56 Å². The van der Waals surface area contributed by atoms with E-state index in [1.54, 1.807) is 6.07 Å². The number of carbonyl (C=O) groups excluding carboxylic acids is 1. The standard InChI is InChI=1S/C11H12FNO2/c1-15-11(14)10-5-8-7(6-13-10)3-2-4-9(8)12/h2-4,10,13H,5-6H2,1H3. The molecule has 0 saturated carbocycles. The van der Waals surface area contributed by atoms with Crippen molar-refractivity contribution in [3.63, 3.8) is 0 Å². The van der Waals surface area contributed by atoms with Crippen molar-refractivity contribution in [2.75, 3.05) is 7.11 Å². The Morgan fingerprint density at radius 1 is 1.60 bits per heavy atom. The van der Waals surface area contributed by atoms with Crippen LogP contribution in [0, 0.1) is 5.82 Å². The van der Waals surface area contributed by atoms with Crippen molar-refractivity contribution in [1.29, 1.82) is 0 Å². The van der Waals surface area contributed by atoms with E-state index in [1.165, 1.54) is 13.2 Å². The number of benzene rings is 1. The molecule has 0 radical (unpaired) electrons. The van der Waals surface area contributed by atoms with Gasteiger partial charge in [0, 0.05) is 13.0 Å². The fraction of sp³-hybridized carbons (Fsp3) is 0.364. The van der Waals surface area contributed by atoms with Crippen LogP contribution in [0.15, 0.2) is 18.2 Å². The topological polar surface area (TPSA) is 38.3 Å². The number of rotatable bonds is 1. The first-order valence-corrected chi connectivity index (χ1v) is 4.80. The Bertz CT molecular complexity index is 392. The molecule has 1 aliphatic rings. The average molecular weight is 209 g/mol. The number of fused-ring (bicyclic) bond motifs is 1. The van der Waals surface area contributed by atoms with Crippen LogP contribution in [0.1, 0.15) is 11.1 Å². The van der Waals surface area contributed by atoms with E-state index >= 15 is 0 Å².